The minimum absolute atomic E-state index is 0.243. The van der Waals surface area contributed by atoms with Crippen molar-refractivity contribution in [2.75, 3.05) is 6.61 Å². The summed E-state index contributed by atoms with van der Waals surface area (Å²) in [5.74, 6) is -0.804. The normalized spacial score (nSPS) is 41.7. The lowest BCUT2D eigenvalue weighted by Crippen LogP contribution is -2.45. The molecule has 1 saturated heterocycles. The van der Waals surface area contributed by atoms with E-state index < -0.39 is 30.3 Å². The van der Waals surface area contributed by atoms with Gasteiger partial charge in [-0.15, -0.1) is 0 Å². The van der Waals surface area contributed by atoms with Gasteiger partial charge in [-0.1, -0.05) is 18.3 Å². The molecule has 0 aromatic heterocycles. The molecule has 0 spiro atoms. The average molecular weight is 259 g/mol. The zero-order valence-electron chi connectivity index (χ0n) is 8.81. The molecule has 6 nitrogen and oxygen atoms in total. The Bertz CT molecular complexity index is 372. The molecule has 2 rings (SSSR count). The summed E-state index contributed by atoms with van der Waals surface area (Å²) in [6, 6.07) is 0. The predicted octanol–water partition coefficient (Wildman–Crippen LogP) is -1.90. The van der Waals surface area contributed by atoms with E-state index in [-0.39, 0.29) is 17.5 Å². The first-order valence-corrected chi connectivity index (χ1v) is 5.61. The summed E-state index contributed by atoms with van der Waals surface area (Å²) in [6.45, 7) is -0.385. The van der Waals surface area contributed by atoms with E-state index in [1.807, 2.05) is 0 Å². The Hall–Kier alpha value is -0.860. The molecule has 0 aromatic carbocycles. The van der Waals surface area contributed by atoms with Crippen molar-refractivity contribution in [3.63, 3.8) is 0 Å². The summed E-state index contributed by atoms with van der Waals surface area (Å²) in [5, 5.41) is 30.8. The van der Waals surface area contributed by atoms with Crippen LogP contribution in [0.25, 0.3) is 0 Å². The van der Waals surface area contributed by atoms with Crippen LogP contribution in [0.3, 0.4) is 0 Å². The molecule has 4 N–H and O–H groups in total. The lowest BCUT2D eigenvalue weighted by Gasteiger charge is -2.26. The standard InChI is InChI=1S/C10H13NO5S/c12-3-5-7(14)8(15)9(16-5)4-1-2-6(13)11-10(4)17/h1-2,4-5,7-9,12,14-15H,3H2,(H,11,13,17). The van der Waals surface area contributed by atoms with Gasteiger partial charge in [-0.3, -0.25) is 4.79 Å². The smallest absolute Gasteiger partial charge is 0.248 e. The molecule has 5 atom stereocenters. The molecular weight excluding hydrogens is 246 g/mol. The van der Waals surface area contributed by atoms with Crippen molar-refractivity contribution in [1.82, 2.24) is 5.32 Å². The number of aliphatic hydroxyl groups excluding tert-OH is 3. The van der Waals surface area contributed by atoms with Gasteiger partial charge in [0.15, 0.2) is 0 Å². The zero-order chi connectivity index (χ0) is 12.6. The predicted molar refractivity (Wildman–Crippen MR) is 61.1 cm³/mol. The summed E-state index contributed by atoms with van der Waals surface area (Å²) >= 11 is 4.99. The fourth-order valence-electron chi connectivity index (χ4n) is 2.01. The summed E-state index contributed by atoms with van der Waals surface area (Å²) in [7, 11) is 0. The molecule has 1 fully saturated rings. The van der Waals surface area contributed by atoms with Gasteiger partial charge < -0.3 is 25.4 Å². The molecule has 2 aliphatic rings. The van der Waals surface area contributed by atoms with Crippen LogP contribution in [0, 0.1) is 5.92 Å². The van der Waals surface area contributed by atoms with Gasteiger partial charge in [0.05, 0.1) is 23.6 Å². The third-order valence-electron chi connectivity index (χ3n) is 2.94. The summed E-state index contributed by atoms with van der Waals surface area (Å²) < 4.78 is 5.34. The van der Waals surface area contributed by atoms with E-state index in [9.17, 15) is 15.0 Å². The van der Waals surface area contributed by atoms with Crippen LogP contribution in [0.2, 0.25) is 0 Å². The zero-order valence-corrected chi connectivity index (χ0v) is 9.63. The average Bonchev–Trinajstić information content (AvgIpc) is 2.57. The highest BCUT2D eigenvalue weighted by Gasteiger charge is 2.46. The van der Waals surface area contributed by atoms with Crippen molar-refractivity contribution in [2.45, 2.75) is 24.4 Å². The molecular formula is C10H13NO5S. The Balaban J connectivity index is 2.16. The van der Waals surface area contributed by atoms with Crippen LogP contribution < -0.4 is 5.32 Å². The Kier molecular flexibility index (Phi) is 3.55. The van der Waals surface area contributed by atoms with Crippen LogP contribution in [0.5, 0.6) is 0 Å². The number of carbonyl (C=O) groups excluding carboxylic acids is 1. The van der Waals surface area contributed by atoms with Gasteiger partial charge in [0.2, 0.25) is 5.91 Å². The summed E-state index contributed by atoms with van der Waals surface area (Å²) in [6.07, 6.45) is -1.06. The molecule has 2 heterocycles. The summed E-state index contributed by atoms with van der Waals surface area (Å²) in [4.78, 5) is 11.3. The molecule has 2 aliphatic heterocycles. The Labute approximate surface area is 103 Å². The maximum Gasteiger partial charge on any atom is 0.248 e. The molecule has 17 heavy (non-hydrogen) atoms. The lowest BCUT2D eigenvalue weighted by atomic mass is 9.94. The van der Waals surface area contributed by atoms with Gasteiger partial charge in [-0.05, 0) is 0 Å². The van der Waals surface area contributed by atoms with E-state index in [4.69, 9.17) is 22.1 Å². The maximum atomic E-state index is 11.0. The van der Waals surface area contributed by atoms with E-state index in [2.05, 4.69) is 5.32 Å². The van der Waals surface area contributed by atoms with Gasteiger partial charge >= 0.3 is 0 Å². The highest BCUT2D eigenvalue weighted by Crippen LogP contribution is 2.28. The SMILES string of the molecule is O=C1C=CC(C2OC(CO)C(O)C2O)C(=S)N1. The van der Waals surface area contributed by atoms with Crippen LogP contribution in [0.1, 0.15) is 0 Å². The quantitative estimate of drug-likeness (QED) is 0.432. The van der Waals surface area contributed by atoms with Crippen molar-refractivity contribution in [3.8, 4) is 0 Å². The molecule has 0 bridgehead atoms. The first kappa shape index (κ1) is 12.6. The van der Waals surface area contributed by atoms with E-state index >= 15 is 0 Å². The third kappa shape index (κ3) is 2.24. The van der Waals surface area contributed by atoms with Gasteiger partial charge in [0.1, 0.15) is 18.3 Å². The van der Waals surface area contributed by atoms with Crippen molar-refractivity contribution in [2.24, 2.45) is 5.92 Å². The van der Waals surface area contributed by atoms with E-state index in [0.29, 0.717) is 0 Å². The minimum atomic E-state index is -1.15. The van der Waals surface area contributed by atoms with Crippen LogP contribution in [0.15, 0.2) is 12.2 Å². The first-order chi connectivity index (χ1) is 8.04. The van der Waals surface area contributed by atoms with Gasteiger partial charge in [-0.25, -0.2) is 0 Å². The van der Waals surface area contributed by atoms with Crippen molar-refractivity contribution < 1.29 is 24.9 Å². The molecule has 94 valence electrons. The first-order valence-electron chi connectivity index (χ1n) is 5.20. The van der Waals surface area contributed by atoms with Gasteiger partial charge in [-0.2, -0.15) is 0 Å². The van der Waals surface area contributed by atoms with Gasteiger partial charge in [0, 0.05) is 6.08 Å². The number of hydrogen-bond acceptors (Lipinski definition) is 6. The second kappa shape index (κ2) is 4.79. The Morgan fingerprint density at radius 3 is 2.65 bits per heavy atom. The highest BCUT2D eigenvalue weighted by atomic mass is 32.1. The molecule has 0 aliphatic carbocycles. The minimum Gasteiger partial charge on any atom is -0.394 e. The second-order valence-electron chi connectivity index (χ2n) is 4.04. The lowest BCUT2D eigenvalue weighted by molar-refractivity contribution is -0.115. The van der Waals surface area contributed by atoms with Crippen molar-refractivity contribution >= 4 is 23.1 Å². The third-order valence-corrected chi connectivity index (χ3v) is 3.31. The molecule has 0 radical (unpaired) electrons. The highest BCUT2D eigenvalue weighted by molar-refractivity contribution is 7.80. The van der Waals surface area contributed by atoms with Gasteiger partial charge in [0.25, 0.3) is 0 Å². The topological polar surface area (TPSA) is 99.0 Å². The van der Waals surface area contributed by atoms with E-state index in [1.165, 1.54) is 12.2 Å². The number of rotatable bonds is 2. The fraction of sp³-hybridized carbons (Fsp3) is 0.600. The molecule has 1 amide bonds. The fourth-order valence-corrected chi connectivity index (χ4v) is 2.32. The van der Waals surface area contributed by atoms with Crippen molar-refractivity contribution in [3.05, 3.63) is 12.2 Å². The van der Waals surface area contributed by atoms with Crippen LogP contribution in [-0.2, 0) is 9.53 Å². The summed E-state index contributed by atoms with van der Waals surface area (Å²) in [5.41, 5.74) is 0. The van der Waals surface area contributed by atoms with Crippen LogP contribution in [-0.4, -0.2) is 57.2 Å². The number of hydrogen-bond donors (Lipinski definition) is 4. The maximum absolute atomic E-state index is 11.0. The van der Waals surface area contributed by atoms with Crippen LogP contribution in [0.4, 0.5) is 0 Å². The molecule has 7 heteroatoms. The second-order valence-corrected chi connectivity index (χ2v) is 4.48. The number of carbonyl (C=O) groups is 1. The number of thiocarbonyl (C=S) groups is 1. The van der Waals surface area contributed by atoms with Crippen molar-refractivity contribution in [1.29, 1.82) is 0 Å². The molecule has 0 saturated carbocycles. The largest absolute Gasteiger partial charge is 0.394 e. The van der Waals surface area contributed by atoms with E-state index in [0.717, 1.165) is 0 Å². The monoisotopic (exact) mass is 259 g/mol. The number of amides is 1. The molecule has 0 aromatic rings. The number of aliphatic hydroxyl groups is 3. The Morgan fingerprint density at radius 2 is 2.12 bits per heavy atom. The Morgan fingerprint density at radius 1 is 1.41 bits per heavy atom. The van der Waals surface area contributed by atoms with Crippen LogP contribution >= 0.6 is 12.2 Å². The number of nitrogens with one attached hydrogen (secondary N) is 1. The molecule has 5 unspecified atom stereocenters. The van der Waals surface area contributed by atoms with E-state index in [1.54, 1.807) is 0 Å². The number of ether oxygens (including phenoxy) is 1.